The Kier molecular flexibility index (Phi) is 5.46. The molecule has 7 heteroatoms. The minimum Gasteiger partial charge on any atom is -0.481 e. The summed E-state index contributed by atoms with van der Waals surface area (Å²) in [6.45, 7) is 5.29. The van der Waals surface area contributed by atoms with Crippen molar-refractivity contribution in [1.29, 1.82) is 0 Å². The van der Waals surface area contributed by atoms with Crippen molar-refractivity contribution in [3.63, 3.8) is 0 Å². The maximum atomic E-state index is 11.0. The molecule has 0 amide bonds. The van der Waals surface area contributed by atoms with Crippen molar-refractivity contribution in [3.05, 3.63) is 5.82 Å². The number of tetrazole rings is 1. The normalized spacial score (nSPS) is 17.4. The van der Waals surface area contributed by atoms with Crippen LogP contribution in [0.2, 0.25) is 0 Å². The lowest BCUT2D eigenvalue weighted by molar-refractivity contribution is -0.138. The monoisotopic (exact) mass is 281 g/mol. The lowest BCUT2D eigenvalue weighted by Crippen LogP contribution is -2.24. The number of rotatable bonds is 8. The summed E-state index contributed by atoms with van der Waals surface area (Å²) in [6, 6.07) is -0.138. The van der Waals surface area contributed by atoms with Gasteiger partial charge in [0.2, 0.25) is 0 Å². The lowest BCUT2D eigenvalue weighted by atomic mass is 10.1. The van der Waals surface area contributed by atoms with Crippen molar-refractivity contribution in [2.75, 3.05) is 19.6 Å². The molecular formula is C13H23N5O2. The van der Waals surface area contributed by atoms with E-state index in [4.69, 9.17) is 5.11 Å². The summed E-state index contributed by atoms with van der Waals surface area (Å²) in [5.41, 5.74) is 0. The molecule has 0 spiro atoms. The summed E-state index contributed by atoms with van der Waals surface area (Å²) in [4.78, 5) is 13.4. The van der Waals surface area contributed by atoms with Gasteiger partial charge in [0.05, 0.1) is 12.5 Å². The molecule has 1 N–H and O–H groups in total. The van der Waals surface area contributed by atoms with Gasteiger partial charge in [-0.1, -0.05) is 13.3 Å². The van der Waals surface area contributed by atoms with Gasteiger partial charge < -0.3 is 10.0 Å². The van der Waals surface area contributed by atoms with Crippen LogP contribution in [0.4, 0.5) is 0 Å². The highest BCUT2D eigenvalue weighted by Gasteiger charge is 2.20. The average Bonchev–Trinajstić information content (AvgIpc) is 3.06. The predicted octanol–water partition coefficient (Wildman–Crippen LogP) is 1.13. The quantitative estimate of drug-likeness (QED) is 0.769. The van der Waals surface area contributed by atoms with Gasteiger partial charge in [0.25, 0.3) is 0 Å². The van der Waals surface area contributed by atoms with Crippen molar-refractivity contribution in [2.45, 2.75) is 51.5 Å². The van der Waals surface area contributed by atoms with Crippen molar-refractivity contribution in [2.24, 2.45) is 0 Å². The number of carboxylic acids is 1. The van der Waals surface area contributed by atoms with E-state index in [1.165, 1.54) is 12.8 Å². The number of nitrogens with zero attached hydrogens (tertiary/aromatic N) is 5. The molecule has 20 heavy (non-hydrogen) atoms. The zero-order valence-corrected chi connectivity index (χ0v) is 12.0. The van der Waals surface area contributed by atoms with Crippen LogP contribution in [0, 0.1) is 0 Å². The van der Waals surface area contributed by atoms with E-state index in [1.807, 2.05) is 6.92 Å². The highest BCUT2D eigenvalue weighted by atomic mass is 16.4. The van der Waals surface area contributed by atoms with E-state index in [0.717, 1.165) is 44.7 Å². The first-order chi connectivity index (χ1) is 9.70. The minimum atomic E-state index is -0.801. The molecular weight excluding hydrogens is 258 g/mol. The molecule has 1 fully saturated rings. The molecule has 1 aliphatic heterocycles. The number of hydrogen-bond donors (Lipinski definition) is 1. The molecule has 0 radical (unpaired) electrons. The summed E-state index contributed by atoms with van der Waals surface area (Å²) >= 11 is 0. The van der Waals surface area contributed by atoms with Gasteiger partial charge in [-0.25, -0.2) is 4.68 Å². The molecule has 1 aromatic heterocycles. The fourth-order valence-corrected chi connectivity index (χ4v) is 2.77. The Hall–Kier alpha value is -1.50. The number of aliphatic carboxylic acids is 1. The van der Waals surface area contributed by atoms with Gasteiger partial charge in [0.1, 0.15) is 0 Å². The Balaban J connectivity index is 1.98. The first-order valence-corrected chi connectivity index (χ1v) is 7.41. The molecule has 7 nitrogen and oxygen atoms in total. The maximum absolute atomic E-state index is 11.0. The summed E-state index contributed by atoms with van der Waals surface area (Å²) in [5.74, 6) is 0.000966. The van der Waals surface area contributed by atoms with Crippen LogP contribution in [-0.4, -0.2) is 55.8 Å². The van der Waals surface area contributed by atoms with E-state index in [1.54, 1.807) is 4.68 Å². The Morgan fingerprint density at radius 1 is 1.40 bits per heavy atom. The number of likely N-dealkylation sites (tertiary alicyclic amines) is 1. The molecule has 1 aromatic rings. The Morgan fingerprint density at radius 3 is 2.80 bits per heavy atom. The van der Waals surface area contributed by atoms with Gasteiger partial charge in [0, 0.05) is 13.0 Å². The zero-order valence-electron chi connectivity index (χ0n) is 12.0. The molecule has 1 aliphatic rings. The molecule has 1 atom stereocenters. The van der Waals surface area contributed by atoms with E-state index in [2.05, 4.69) is 20.4 Å². The van der Waals surface area contributed by atoms with E-state index >= 15 is 0 Å². The summed E-state index contributed by atoms with van der Waals surface area (Å²) in [6.07, 6.45) is 5.10. The second-order valence-corrected chi connectivity index (χ2v) is 5.38. The molecule has 0 bridgehead atoms. The van der Waals surface area contributed by atoms with Crippen LogP contribution in [0.5, 0.6) is 0 Å². The molecule has 0 aromatic carbocycles. The van der Waals surface area contributed by atoms with Crippen LogP contribution in [-0.2, 0) is 11.2 Å². The lowest BCUT2D eigenvalue weighted by Gasteiger charge is -2.17. The standard InChI is InChI=1S/C13H23N5O2/c1-2-5-11(10-13(19)20)18-12(14-15-16-18)6-9-17-7-3-4-8-17/h11H,2-10H2,1H3,(H,19,20). The first-order valence-electron chi connectivity index (χ1n) is 7.41. The number of hydrogen-bond acceptors (Lipinski definition) is 5. The van der Waals surface area contributed by atoms with Crippen molar-refractivity contribution < 1.29 is 9.90 Å². The molecule has 1 unspecified atom stereocenters. The highest BCUT2D eigenvalue weighted by molar-refractivity contribution is 5.67. The molecule has 2 heterocycles. The summed E-state index contributed by atoms with van der Waals surface area (Å²) < 4.78 is 1.72. The summed E-state index contributed by atoms with van der Waals surface area (Å²) in [5, 5.41) is 20.8. The van der Waals surface area contributed by atoms with Crippen molar-refractivity contribution >= 4 is 5.97 Å². The van der Waals surface area contributed by atoms with Crippen LogP contribution < -0.4 is 0 Å². The zero-order chi connectivity index (χ0) is 14.4. The van der Waals surface area contributed by atoms with Gasteiger partial charge >= 0.3 is 5.97 Å². The second kappa shape index (κ2) is 7.33. The third-order valence-corrected chi connectivity index (χ3v) is 3.79. The Morgan fingerprint density at radius 2 is 2.15 bits per heavy atom. The van der Waals surface area contributed by atoms with E-state index < -0.39 is 5.97 Å². The first kappa shape index (κ1) is 14.9. The van der Waals surface area contributed by atoms with Crippen molar-refractivity contribution in [1.82, 2.24) is 25.1 Å². The van der Waals surface area contributed by atoms with Gasteiger partial charge in [-0.15, -0.1) is 5.10 Å². The van der Waals surface area contributed by atoms with E-state index in [0.29, 0.717) is 0 Å². The van der Waals surface area contributed by atoms with Gasteiger partial charge in [-0.05, 0) is 42.8 Å². The Labute approximate surface area is 119 Å². The number of aromatic nitrogens is 4. The van der Waals surface area contributed by atoms with Crippen LogP contribution in [0.1, 0.15) is 50.9 Å². The second-order valence-electron chi connectivity index (χ2n) is 5.38. The smallest absolute Gasteiger partial charge is 0.305 e. The molecule has 2 rings (SSSR count). The average molecular weight is 281 g/mol. The third kappa shape index (κ3) is 4.00. The van der Waals surface area contributed by atoms with E-state index in [-0.39, 0.29) is 12.5 Å². The van der Waals surface area contributed by atoms with Crippen molar-refractivity contribution in [3.8, 4) is 0 Å². The molecule has 1 saturated heterocycles. The Bertz CT molecular complexity index is 428. The van der Waals surface area contributed by atoms with Gasteiger partial charge in [-0.3, -0.25) is 4.79 Å². The maximum Gasteiger partial charge on any atom is 0.305 e. The van der Waals surface area contributed by atoms with Gasteiger partial charge in [0.15, 0.2) is 5.82 Å². The topological polar surface area (TPSA) is 84.1 Å². The third-order valence-electron chi connectivity index (χ3n) is 3.79. The van der Waals surface area contributed by atoms with Crippen LogP contribution in [0.25, 0.3) is 0 Å². The number of carbonyl (C=O) groups is 1. The molecule has 0 aliphatic carbocycles. The fourth-order valence-electron chi connectivity index (χ4n) is 2.77. The van der Waals surface area contributed by atoms with Crippen LogP contribution in [0.15, 0.2) is 0 Å². The largest absolute Gasteiger partial charge is 0.481 e. The van der Waals surface area contributed by atoms with Crippen LogP contribution in [0.3, 0.4) is 0 Å². The molecule has 112 valence electrons. The fraction of sp³-hybridized carbons (Fsp3) is 0.846. The van der Waals surface area contributed by atoms with Gasteiger partial charge in [-0.2, -0.15) is 0 Å². The highest BCUT2D eigenvalue weighted by Crippen LogP contribution is 2.18. The van der Waals surface area contributed by atoms with E-state index in [9.17, 15) is 4.79 Å². The number of carboxylic acid groups (broad SMARTS) is 1. The summed E-state index contributed by atoms with van der Waals surface area (Å²) in [7, 11) is 0. The van der Waals surface area contributed by atoms with Crippen LogP contribution >= 0.6 is 0 Å². The SMILES string of the molecule is CCCC(CC(=O)O)n1nnnc1CCN1CCCC1. The minimum absolute atomic E-state index is 0.0790. The predicted molar refractivity (Wildman–Crippen MR) is 73.4 cm³/mol. The molecule has 0 saturated carbocycles.